The molecule has 1 aliphatic heterocycles. The molecule has 0 fully saturated rings. The van der Waals surface area contributed by atoms with Crippen LogP contribution >= 0.6 is 0 Å². The quantitative estimate of drug-likeness (QED) is 0.145. The third-order valence-corrected chi connectivity index (χ3v) is 31.5. The Kier molecular flexibility index (Phi) is 18.2. The van der Waals surface area contributed by atoms with Gasteiger partial charge in [0.1, 0.15) is 5.58 Å². The van der Waals surface area contributed by atoms with E-state index in [2.05, 4.69) is 499 Å². The summed E-state index contributed by atoms with van der Waals surface area (Å²) in [6.07, 6.45) is 3.52. The summed E-state index contributed by atoms with van der Waals surface area (Å²) in [4.78, 5) is 4.91. The average molecular weight is 1810 g/mol. The molecule has 0 radical (unpaired) electrons. The summed E-state index contributed by atoms with van der Waals surface area (Å²) < 4.78 is 17.7. The van der Waals surface area contributed by atoms with Crippen molar-refractivity contribution in [2.75, 3.05) is 9.80 Å². The van der Waals surface area contributed by atoms with E-state index >= 15 is 0 Å². The number of hydrogen-bond acceptors (Lipinski definition) is 3. The molecule has 0 saturated heterocycles. The van der Waals surface area contributed by atoms with Gasteiger partial charge in [-0.15, -0.1) is 0 Å². The molecule has 2 aliphatic rings. The molecule has 0 amide bonds. The maximum absolute atomic E-state index is 7.25. The largest absolute Gasteiger partial charge is 0.453 e. The number of para-hydroxylation sites is 4. The minimum atomic E-state index is -0.0468. The first-order chi connectivity index (χ1) is 67.1. The van der Waals surface area contributed by atoms with Crippen LogP contribution < -0.4 is 9.80 Å². The molecule has 1 unspecified atom stereocenters. The molecular formula is C133H116N6O. The van der Waals surface area contributed by atoms with Crippen LogP contribution in [0.4, 0.5) is 34.1 Å². The molecule has 1 aliphatic carbocycles. The number of furan rings is 1. The number of fused-ring (bicyclic) bond motifs is 27. The highest BCUT2D eigenvalue weighted by Gasteiger charge is 2.41. The van der Waals surface area contributed by atoms with Gasteiger partial charge in [-0.25, -0.2) is 0 Å². The topological polar surface area (TPSA) is 37.8 Å². The van der Waals surface area contributed by atoms with Crippen molar-refractivity contribution in [2.24, 2.45) is 0 Å². The van der Waals surface area contributed by atoms with Crippen LogP contribution in [0.3, 0.4) is 0 Å². The number of rotatable bonds is 9. The zero-order valence-electron chi connectivity index (χ0n) is 83.7. The Hall–Kier alpha value is -15.2. The van der Waals surface area contributed by atoms with E-state index in [4.69, 9.17) is 4.42 Å². The van der Waals surface area contributed by atoms with Crippen LogP contribution in [-0.2, 0) is 38.9 Å². The SMILES string of the molecule is CC(C)(C)c1ccc2c(c1)c1cc(C(C)(C)C)cc3c4cc5c(cc4n2c13)c1cc(C(C)(C)C)cc2c3ccc(N(c4ccccc4)c4ccccc4-c4ccccc4)cc3n5c21.Cc1ccc(-c2ccccc2)cc1N(c1ccc2c3cc(C(C)(C)C)cc4c3n(c2c1)C1=Cc2c(n3c5ccc(C(C)(C)C)cc5c5cc(C(C)(C)C)cc2c53)CC14)c1cccc2c1oc1c(-c3ccccc3)cccc12. The van der Waals surface area contributed by atoms with Crippen LogP contribution in [0.2, 0.25) is 0 Å². The number of anilines is 6. The van der Waals surface area contributed by atoms with Gasteiger partial charge in [-0.05, 0) is 246 Å². The molecular weight excluding hydrogens is 1700 g/mol. The molecule has 0 bridgehead atoms. The first-order valence-electron chi connectivity index (χ1n) is 50.3. The number of aromatic nitrogens is 4. The van der Waals surface area contributed by atoms with Gasteiger partial charge in [0.25, 0.3) is 0 Å². The average Bonchev–Trinajstić information content (AvgIpc) is 1.51. The summed E-state index contributed by atoms with van der Waals surface area (Å²) in [7, 11) is 0. The Morgan fingerprint density at radius 3 is 1.24 bits per heavy atom. The van der Waals surface area contributed by atoms with Crippen LogP contribution in [0.1, 0.15) is 186 Å². The molecule has 27 rings (SSSR count). The Bertz CT molecular complexity index is 9510. The lowest BCUT2D eigenvalue weighted by Gasteiger charge is -2.28. The predicted molar refractivity (Wildman–Crippen MR) is 599 cm³/mol. The highest BCUT2D eigenvalue weighted by Crippen LogP contribution is 2.58. The van der Waals surface area contributed by atoms with Gasteiger partial charge < -0.3 is 32.0 Å². The second kappa shape index (κ2) is 29.9. The van der Waals surface area contributed by atoms with Crippen molar-refractivity contribution in [3.05, 3.63) is 389 Å². The van der Waals surface area contributed by atoms with Crippen molar-refractivity contribution in [2.45, 2.75) is 176 Å². The Balaban J connectivity index is 0.000000147. The molecule has 7 nitrogen and oxygen atoms in total. The minimum absolute atomic E-state index is 0.0111. The molecule has 0 N–H and O–H groups in total. The van der Waals surface area contributed by atoms with E-state index in [0.717, 1.165) is 73.6 Å². The van der Waals surface area contributed by atoms with E-state index in [9.17, 15) is 0 Å². The van der Waals surface area contributed by atoms with Crippen molar-refractivity contribution in [1.29, 1.82) is 0 Å². The third kappa shape index (κ3) is 12.8. The van der Waals surface area contributed by atoms with Gasteiger partial charge in [0, 0.05) is 144 Å². The molecule has 9 heterocycles. The minimum Gasteiger partial charge on any atom is -0.453 e. The van der Waals surface area contributed by atoms with Crippen LogP contribution in [0.5, 0.6) is 0 Å². The smallest absolute Gasteiger partial charge is 0.159 e. The molecule has 0 spiro atoms. The summed E-state index contributed by atoms with van der Waals surface area (Å²) in [6.45, 7) is 44.5. The van der Waals surface area contributed by atoms with E-state index in [1.807, 2.05) is 0 Å². The fourth-order valence-electron chi connectivity index (χ4n) is 24.0. The van der Waals surface area contributed by atoms with Crippen molar-refractivity contribution in [3.63, 3.8) is 0 Å². The summed E-state index contributed by atoms with van der Waals surface area (Å²) in [5, 5.41) is 19.4. The standard InChI is InChI=1S/C73H63N3O.C60H53N3/c1-42-27-28-45(43-19-13-11-14-20-43)33-63(42)74(62-26-18-25-53-52-24-17-23-50(69(52)77-70(53)62)44-21-15-12-16-22-44)49-30-31-51-57-35-47(72(5,6)7)37-59-56-40-65-55(41-66(56)76(67(57)59)64(51)39-49)60-38-48(73(8,9)10)36-58-54-34-46(71(2,3)4)29-32-61(54)75(65)68(58)60;1-58(2,3)37-24-27-52-44(28-37)48-30-39(60(7,8)9)32-50-45-35-55-46(34-54(45)62(52)57(48)50)49-31-38(59(4,5)6)29-47-43-26-25-41(33-53(43)63(55)56(47)49)61(40-20-14-11-15-21-40)51-23-17-16-22-42(51)36-18-12-10-13-19-36/h11-39,41,56H,40H2,1-10H3;10-35H,1-9H3. The summed E-state index contributed by atoms with van der Waals surface area (Å²) in [5.74, 6) is 0.184. The van der Waals surface area contributed by atoms with Gasteiger partial charge in [-0.2, -0.15) is 0 Å². The van der Waals surface area contributed by atoms with Gasteiger partial charge in [-0.3, -0.25) is 0 Å². The fraction of sp³-hybridized carbons (Fsp3) is 0.203. The number of nitrogens with zero attached hydrogens (tertiary/aromatic N) is 6. The monoisotopic (exact) mass is 1810 g/mol. The van der Waals surface area contributed by atoms with Crippen LogP contribution in [0, 0.1) is 6.92 Å². The highest BCUT2D eigenvalue weighted by molar-refractivity contribution is 6.30. The van der Waals surface area contributed by atoms with E-state index < -0.39 is 0 Å². The summed E-state index contributed by atoms with van der Waals surface area (Å²) in [5.41, 5.74) is 43.1. The molecule has 140 heavy (non-hydrogen) atoms. The number of allylic oxidation sites excluding steroid dienone is 1. The number of hydrogen-bond donors (Lipinski definition) is 0. The van der Waals surface area contributed by atoms with E-state index in [0.29, 0.717) is 0 Å². The Labute approximate surface area is 818 Å². The summed E-state index contributed by atoms with van der Waals surface area (Å²) in [6, 6.07) is 126. The molecule has 0 saturated carbocycles. The predicted octanol–water partition coefficient (Wildman–Crippen LogP) is 37.4. The zero-order valence-corrected chi connectivity index (χ0v) is 83.7. The van der Waals surface area contributed by atoms with Crippen molar-refractivity contribution in [3.8, 4) is 33.4 Å². The second-order valence-corrected chi connectivity index (χ2v) is 46.6. The molecule has 17 aromatic carbocycles. The maximum Gasteiger partial charge on any atom is 0.159 e. The Morgan fingerprint density at radius 1 is 0.257 bits per heavy atom. The van der Waals surface area contributed by atoms with Gasteiger partial charge in [0.2, 0.25) is 0 Å². The van der Waals surface area contributed by atoms with Gasteiger partial charge in [0.05, 0.1) is 66.5 Å². The first-order valence-corrected chi connectivity index (χ1v) is 50.3. The lowest BCUT2D eigenvalue weighted by Crippen LogP contribution is -2.14. The van der Waals surface area contributed by atoms with Crippen molar-refractivity contribution in [1.82, 2.24) is 17.8 Å². The van der Waals surface area contributed by atoms with Crippen LogP contribution in [0.15, 0.2) is 338 Å². The molecule has 1 atom stereocenters. The number of aryl methyl sites for hydroxylation is 1. The second-order valence-electron chi connectivity index (χ2n) is 46.6. The van der Waals surface area contributed by atoms with Gasteiger partial charge >= 0.3 is 0 Å². The van der Waals surface area contributed by atoms with Crippen molar-refractivity contribution >= 4 is 193 Å². The van der Waals surface area contributed by atoms with E-state index in [-0.39, 0.29) is 38.4 Å². The first kappa shape index (κ1) is 85.3. The molecule has 7 heteroatoms. The normalized spacial score (nSPS) is 14.1. The molecule has 8 aromatic heterocycles. The lowest BCUT2D eigenvalue weighted by atomic mass is 9.80. The lowest BCUT2D eigenvalue weighted by molar-refractivity contribution is 0.590. The molecule has 684 valence electrons. The summed E-state index contributed by atoms with van der Waals surface area (Å²) >= 11 is 0. The maximum atomic E-state index is 7.25. The zero-order chi connectivity index (χ0) is 95.9. The van der Waals surface area contributed by atoms with Crippen molar-refractivity contribution < 1.29 is 4.42 Å². The van der Waals surface area contributed by atoms with Gasteiger partial charge in [0.15, 0.2) is 5.58 Å². The van der Waals surface area contributed by atoms with Gasteiger partial charge in [-0.1, -0.05) is 325 Å². The third-order valence-electron chi connectivity index (χ3n) is 31.5. The molecule has 25 aromatic rings. The van der Waals surface area contributed by atoms with E-state index in [1.165, 1.54) is 209 Å². The number of benzene rings is 17. The van der Waals surface area contributed by atoms with Crippen LogP contribution in [-0.4, -0.2) is 17.8 Å². The van der Waals surface area contributed by atoms with Crippen LogP contribution in [0.25, 0.3) is 192 Å². The highest BCUT2D eigenvalue weighted by atomic mass is 16.3. The fourth-order valence-corrected chi connectivity index (χ4v) is 24.0. The Morgan fingerprint density at radius 2 is 0.671 bits per heavy atom. The van der Waals surface area contributed by atoms with E-state index in [1.54, 1.807) is 0 Å².